The van der Waals surface area contributed by atoms with Crippen LogP contribution in [0.1, 0.15) is 69.4 Å². The van der Waals surface area contributed by atoms with Crippen LogP contribution in [-0.2, 0) is 17.9 Å². The maximum Gasteiger partial charge on any atom is 0.223 e. The Bertz CT molecular complexity index is 662. The third-order valence-electron chi connectivity index (χ3n) is 7.67. The predicted octanol–water partition coefficient (Wildman–Crippen LogP) is 3.83. The van der Waals surface area contributed by atoms with Crippen LogP contribution in [0.25, 0.3) is 0 Å². The fraction of sp³-hybridized carbons (Fsp3) is 0.708. The van der Waals surface area contributed by atoms with Gasteiger partial charge in [0, 0.05) is 31.1 Å². The molecule has 1 aromatic rings. The van der Waals surface area contributed by atoms with E-state index in [2.05, 4.69) is 41.4 Å². The zero-order chi connectivity index (χ0) is 19.5. The average molecular weight is 384 g/mol. The van der Waals surface area contributed by atoms with Crippen LogP contribution >= 0.6 is 0 Å². The minimum atomic E-state index is 0.157. The maximum atomic E-state index is 12.9. The molecule has 2 aliphatic carbocycles. The molecule has 1 heterocycles. The summed E-state index contributed by atoms with van der Waals surface area (Å²) in [6, 6.07) is 9.60. The Hall–Kier alpha value is -1.39. The van der Waals surface area contributed by atoms with Gasteiger partial charge in [-0.2, -0.15) is 0 Å². The van der Waals surface area contributed by atoms with Gasteiger partial charge in [-0.25, -0.2) is 0 Å². The minimum Gasteiger partial charge on any atom is -0.352 e. The van der Waals surface area contributed by atoms with Crippen LogP contribution in [0.5, 0.6) is 0 Å². The van der Waals surface area contributed by atoms with Gasteiger partial charge in [0.15, 0.2) is 0 Å². The Labute approximate surface area is 170 Å². The number of carbonyl (C=O) groups excluding carboxylic acids is 1. The molecule has 4 nitrogen and oxygen atoms in total. The van der Waals surface area contributed by atoms with E-state index >= 15 is 0 Å². The van der Waals surface area contributed by atoms with Crippen LogP contribution in [0.4, 0.5) is 0 Å². The van der Waals surface area contributed by atoms with Gasteiger partial charge >= 0.3 is 0 Å². The summed E-state index contributed by atoms with van der Waals surface area (Å²) >= 11 is 0. The van der Waals surface area contributed by atoms with Gasteiger partial charge in [0.25, 0.3) is 0 Å². The molecule has 3 N–H and O–H groups in total. The van der Waals surface area contributed by atoms with Crippen molar-refractivity contribution < 1.29 is 4.79 Å². The van der Waals surface area contributed by atoms with Gasteiger partial charge in [0.2, 0.25) is 5.91 Å². The molecular weight excluding hydrogens is 346 g/mol. The molecule has 1 aromatic carbocycles. The number of fused-ring (bicyclic) bond motifs is 2. The maximum absolute atomic E-state index is 12.9. The number of amides is 1. The highest BCUT2D eigenvalue weighted by atomic mass is 16.1. The van der Waals surface area contributed by atoms with Gasteiger partial charge in [-0.3, -0.25) is 9.69 Å². The first-order valence-corrected chi connectivity index (χ1v) is 11.5. The Morgan fingerprint density at radius 3 is 2.50 bits per heavy atom. The highest BCUT2D eigenvalue weighted by molar-refractivity contribution is 5.78. The van der Waals surface area contributed by atoms with E-state index in [1.807, 2.05) is 0 Å². The monoisotopic (exact) mass is 383 g/mol. The SMILES string of the molecule is CC1CCCCN1Cc1ccccc1CNC(=O)C1CC2CCCC(C1)C2N. The van der Waals surface area contributed by atoms with Crippen molar-refractivity contribution in [3.63, 3.8) is 0 Å². The number of likely N-dealkylation sites (tertiary alicyclic amines) is 1. The van der Waals surface area contributed by atoms with Gasteiger partial charge in [-0.05, 0) is 75.0 Å². The van der Waals surface area contributed by atoms with Crippen molar-refractivity contribution in [3.8, 4) is 0 Å². The lowest BCUT2D eigenvalue weighted by Crippen LogP contribution is -2.49. The lowest BCUT2D eigenvalue weighted by atomic mass is 9.65. The first-order valence-electron chi connectivity index (χ1n) is 11.5. The van der Waals surface area contributed by atoms with Crippen LogP contribution in [0.3, 0.4) is 0 Å². The highest BCUT2D eigenvalue weighted by Gasteiger charge is 2.40. The van der Waals surface area contributed by atoms with Gasteiger partial charge in [0.05, 0.1) is 0 Å². The number of piperidine rings is 1. The minimum absolute atomic E-state index is 0.157. The molecule has 4 heteroatoms. The molecule has 3 atom stereocenters. The molecule has 1 saturated heterocycles. The molecule has 2 bridgehead atoms. The quantitative estimate of drug-likeness (QED) is 0.812. The Morgan fingerprint density at radius 2 is 1.79 bits per heavy atom. The van der Waals surface area contributed by atoms with Gasteiger partial charge < -0.3 is 11.1 Å². The van der Waals surface area contributed by atoms with Crippen molar-refractivity contribution in [3.05, 3.63) is 35.4 Å². The summed E-state index contributed by atoms with van der Waals surface area (Å²) in [5.41, 5.74) is 9.02. The molecule has 1 amide bonds. The van der Waals surface area contributed by atoms with Crippen molar-refractivity contribution in [1.29, 1.82) is 0 Å². The first kappa shape index (κ1) is 19.9. The fourth-order valence-corrected chi connectivity index (χ4v) is 5.83. The van der Waals surface area contributed by atoms with Crippen molar-refractivity contribution >= 4 is 5.91 Å². The van der Waals surface area contributed by atoms with Crippen molar-refractivity contribution in [2.75, 3.05) is 6.54 Å². The molecule has 3 fully saturated rings. The van der Waals surface area contributed by atoms with E-state index < -0.39 is 0 Å². The summed E-state index contributed by atoms with van der Waals surface area (Å²) in [6.07, 6.45) is 9.62. The normalized spacial score (nSPS) is 33.4. The van der Waals surface area contributed by atoms with E-state index in [-0.39, 0.29) is 11.8 Å². The van der Waals surface area contributed by atoms with E-state index in [1.165, 1.54) is 56.2 Å². The lowest BCUT2D eigenvalue weighted by Gasteiger charge is -2.43. The summed E-state index contributed by atoms with van der Waals surface area (Å²) in [5.74, 6) is 1.50. The fourth-order valence-electron chi connectivity index (χ4n) is 5.83. The molecule has 154 valence electrons. The lowest BCUT2D eigenvalue weighted by molar-refractivity contribution is -0.128. The Balaban J connectivity index is 1.35. The summed E-state index contributed by atoms with van der Waals surface area (Å²) in [4.78, 5) is 15.5. The second kappa shape index (κ2) is 8.96. The molecule has 4 rings (SSSR count). The number of hydrogen-bond donors (Lipinski definition) is 2. The van der Waals surface area contributed by atoms with E-state index in [4.69, 9.17) is 5.73 Å². The number of carbonyl (C=O) groups is 1. The van der Waals surface area contributed by atoms with Crippen molar-refractivity contribution in [2.45, 2.75) is 83.5 Å². The van der Waals surface area contributed by atoms with E-state index in [9.17, 15) is 4.79 Å². The molecule has 0 spiro atoms. The third kappa shape index (κ3) is 4.44. The molecule has 3 unspecified atom stereocenters. The largest absolute Gasteiger partial charge is 0.352 e. The number of nitrogens with one attached hydrogen (secondary N) is 1. The number of nitrogens with two attached hydrogens (primary N) is 1. The highest BCUT2D eigenvalue weighted by Crippen LogP contribution is 2.41. The van der Waals surface area contributed by atoms with Gasteiger partial charge in [-0.15, -0.1) is 0 Å². The Kier molecular flexibility index (Phi) is 6.37. The second-order valence-corrected chi connectivity index (χ2v) is 9.50. The zero-order valence-electron chi connectivity index (χ0n) is 17.4. The van der Waals surface area contributed by atoms with Crippen LogP contribution in [-0.4, -0.2) is 29.4 Å². The summed E-state index contributed by atoms with van der Waals surface area (Å²) in [5, 5.41) is 3.26. The standard InChI is InChI=1S/C24H37N3O/c1-17-7-4-5-12-27(17)16-21-9-3-2-8-20(21)15-26-24(28)22-13-18-10-6-11-19(14-22)23(18)25/h2-3,8-9,17-19,22-23H,4-7,10-16,25H2,1H3,(H,26,28). The molecule has 2 saturated carbocycles. The van der Waals surface area contributed by atoms with Gasteiger partial charge in [-0.1, -0.05) is 37.1 Å². The van der Waals surface area contributed by atoms with Crippen LogP contribution < -0.4 is 11.1 Å². The zero-order valence-corrected chi connectivity index (χ0v) is 17.4. The second-order valence-electron chi connectivity index (χ2n) is 9.50. The van der Waals surface area contributed by atoms with Crippen molar-refractivity contribution in [2.24, 2.45) is 23.5 Å². The molecule has 0 radical (unpaired) electrons. The molecule has 1 aliphatic heterocycles. The molecule has 28 heavy (non-hydrogen) atoms. The third-order valence-corrected chi connectivity index (χ3v) is 7.67. The number of nitrogens with zero attached hydrogens (tertiary/aromatic N) is 1. The average Bonchev–Trinajstić information content (AvgIpc) is 2.68. The molecule has 0 aromatic heterocycles. The Morgan fingerprint density at radius 1 is 1.07 bits per heavy atom. The van der Waals surface area contributed by atoms with Crippen LogP contribution in [0.15, 0.2) is 24.3 Å². The van der Waals surface area contributed by atoms with Crippen molar-refractivity contribution in [1.82, 2.24) is 10.2 Å². The summed E-state index contributed by atoms with van der Waals surface area (Å²) in [6.45, 7) is 5.17. The number of hydrogen-bond acceptors (Lipinski definition) is 3. The number of rotatable bonds is 5. The summed E-state index contributed by atoms with van der Waals surface area (Å²) in [7, 11) is 0. The van der Waals surface area contributed by atoms with E-state index in [1.54, 1.807) is 0 Å². The molecular formula is C24H37N3O. The molecule has 3 aliphatic rings. The topological polar surface area (TPSA) is 58.4 Å². The summed E-state index contributed by atoms with van der Waals surface area (Å²) < 4.78 is 0. The van der Waals surface area contributed by atoms with Crippen LogP contribution in [0.2, 0.25) is 0 Å². The predicted molar refractivity (Wildman–Crippen MR) is 114 cm³/mol. The van der Waals surface area contributed by atoms with Crippen LogP contribution in [0, 0.1) is 17.8 Å². The van der Waals surface area contributed by atoms with Gasteiger partial charge in [0.1, 0.15) is 0 Å². The van der Waals surface area contributed by atoms with E-state index in [0.717, 1.165) is 19.4 Å². The smallest absolute Gasteiger partial charge is 0.223 e. The first-order chi connectivity index (χ1) is 13.6. The number of benzene rings is 1. The van der Waals surface area contributed by atoms with E-state index in [0.29, 0.717) is 30.5 Å².